The highest BCUT2D eigenvalue weighted by atomic mass is 15.1. The summed E-state index contributed by atoms with van der Waals surface area (Å²) in [4.78, 5) is 2.59. The van der Waals surface area contributed by atoms with Crippen molar-refractivity contribution in [3.05, 3.63) is 0 Å². The van der Waals surface area contributed by atoms with Gasteiger partial charge in [0.05, 0.1) is 0 Å². The Morgan fingerprint density at radius 2 is 1.93 bits per heavy atom. The Kier molecular flexibility index (Phi) is 3.68. The van der Waals surface area contributed by atoms with Gasteiger partial charge in [-0.3, -0.25) is 0 Å². The van der Waals surface area contributed by atoms with Crippen molar-refractivity contribution in [1.29, 1.82) is 0 Å². The van der Waals surface area contributed by atoms with E-state index < -0.39 is 0 Å². The van der Waals surface area contributed by atoms with Gasteiger partial charge >= 0.3 is 0 Å². The summed E-state index contributed by atoms with van der Waals surface area (Å²) < 4.78 is 0. The van der Waals surface area contributed by atoms with Gasteiger partial charge in [-0.2, -0.15) is 0 Å². The zero-order valence-corrected chi connectivity index (χ0v) is 10.3. The first-order valence-corrected chi connectivity index (χ1v) is 6.74. The van der Waals surface area contributed by atoms with Crippen LogP contribution >= 0.6 is 0 Å². The van der Waals surface area contributed by atoms with E-state index in [2.05, 4.69) is 18.7 Å². The van der Waals surface area contributed by atoms with E-state index >= 15 is 0 Å². The van der Waals surface area contributed by atoms with Crippen molar-refractivity contribution in [3.63, 3.8) is 0 Å². The summed E-state index contributed by atoms with van der Waals surface area (Å²) in [6.45, 7) is 8.23. The predicted molar refractivity (Wildman–Crippen MR) is 64.7 cm³/mol. The number of nitrogens with zero attached hydrogens (tertiary/aromatic N) is 1. The van der Waals surface area contributed by atoms with Crippen molar-refractivity contribution in [2.24, 2.45) is 23.5 Å². The molecule has 2 nitrogen and oxygen atoms in total. The Balaban J connectivity index is 1.88. The Morgan fingerprint density at radius 3 is 2.47 bits per heavy atom. The van der Waals surface area contributed by atoms with Crippen LogP contribution in [0, 0.1) is 17.8 Å². The lowest BCUT2D eigenvalue weighted by Gasteiger charge is -2.32. The highest BCUT2D eigenvalue weighted by Gasteiger charge is 2.45. The summed E-state index contributed by atoms with van der Waals surface area (Å²) in [7, 11) is 0. The molecule has 0 spiro atoms. The Hall–Kier alpha value is -0.0800. The Labute approximate surface area is 94.2 Å². The zero-order valence-electron chi connectivity index (χ0n) is 10.3. The molecule has 2 aliphatic carbocycles. The van der Waals surface area contributed by atoms with Crippen LogP contribution in [0.4, 0.5) is 0 Å². The molecule has 88 valence electrons. The van der Waals surface area contributed by atoms with Gasteiger partial charge in [-0.15, -0.1) is 0 Å². The number of nitrogens with two attached hydrogens (primary N) is 1. The van der Waals surface area contributed by atoms with Gasteiger partial charge in [0, 0.05) is 12.6 Å². The van der Waals surface area contributed by atoms with Crippen LogP contribution in [0.5, 0.6) is 0 Å². The largest absolute Gasteiger partial charge is 0.327 e. The Morgan fingerprint density at radius 1 is 1.20 bits per heavy atom. The first-order chi connectivity index (χ1) is 7.26. The van der Waals surface area contributed by atoms with Crippen LogP contribution < -0.4 is 5.73 Å². The fourth-order valence-corrected chi connectivity index (χ4v) is 3.72. The zero-order chi connectivity index (χ0) is 10.8. The number of rotatable bonds is 5. The molecule has 0 aromatic carbocycles. The quantitative estimate of drug-likeness (QED) is 0.753. The van der Waals surface area contributed by atoms with Crippen LogP contribution in [-0.2, 0) is 0 Å². The number of fused-ring (bicyclic) bond motifs is 2. The van der Waals surface area contributed by atoms with Crippen LogP contribution in [0.2, 0.25) is 0 Å². The second-order valence-electron chi connectivity index (χ2n) is 5.47. The molecule has 0 aliphatic heterocycles. The third kappa shape index (κ3) is 2.21. The van der Waals surface area contributed by atoms with E-state index in [1.807, 2.05) is 0 Å². The third-order valence-electron chi connectivity index (χ3n) is 4.61. The molecular formula is C13H26N2. The highest BCUT2D eigenvalue weighted by molar-refractivity contribution is 4.99. The average molecular weight is 210 g/mol. The van der Waals surface area contributed by atoms with Gasteiger partial charge in [-0.1, -0.05) is 13.8 Å². The van der Waals surface area contributed by atoms with Gasteiger partial charge in [0.25, 0.3) is 0 Å². The minimum absolute atomic E-state index is 0.509. The Bertz CT molecular complexity index is 203. The molecule has 0 saturated heterocycles. The van der Waals surface area contributed by atoms with Gasteiger partial charge in [-0.25, -0.2) is 0 Å². The summed E-state index contributed by atoms with van der Waals surface area (Å²) in [5, 5.41) is 0. The molecule has 2 heteroatoms. The maximum absolute atomic E-state index is 6.34. The molecule has 2 bridgehead atoms. The molecule has 2 rings (SSSR count). The van der Waals surface area contributed by atoms with E-state index in [4.69, 9.17) is 5.73 Å². The van der Waals surface area contributed by atoms with Crippen LogP contribution in [0.3, 0.4) is 0 Å². The molecule has 4 atom stereocenters. The topological polar surface area (TPSA) is 29.3 Å². The fraction of sp³-hybridized carbons (Fsp3) is 1.00. The maximum Gasteiger partial charge on any atom is 0.0111 e. The van der Waals surface area contributed by atoms with E-state index in [1.54, 1.807) is 0 Å². The summed E-state index contributed by atoms with van der Waals surface area (Å²) in [6.07, 6.45) is 5.55. The van der Waals surface area contributed by atoms with Crippen molar-refractivity contribution in [2.75, 3.05) is 19.6 Å². The van der Waals surface area contributed by atoms with Crippen LogP contribution in [0.15, 0.2) is 0 Å². The molecule has 4 unspecified atom stereocenters. The van der Waals surface area contributed by atoms with Gasteiger partial charge in [0.2, 0.25) is 0 Å². The monoisotopic (exact) mass is 210 g/mol. The molecule has 0 heterocycles. The molecule has 0 aromatic rings. The van der Waals surface area contributed by atoms with Crippen molar-refractivity contribution >= 4 is 0 Å². The van der Waals surface area contributed by atoms with E-state index in [0.29, 0.717) is 6.04 Å². The first kappa shape index (κ1) is 11.4. The summed E-state index contributed by atoms with van der Waals surface area (Å²) in [5.74, 6) is 2.62. The second kappa shape index (κ2) is 4.84. The van der Waals surface area contributed by atoms with E-state index in [1.165, 1.54) is 45.3 Å². The molecule has 2 N–H and O–H groups in total. The lowest BCUT2D eigenvalue weighted by Crippen LogP contribution is -2.43. The highest BCUT2D eigenvalue weighted by Crippen LogP contribution is 2.47. The standard InChI is InChI=1S/C13H26N2/c1-3-7-15(4-2)9-12-10-5-6-11(8-10)13(12)14/h10-13H,3-9,14H2,1-2H3. The van der Waals surface area contributed by atoms with E-state index in [9.17, 15) is 0 Å². The van der Waals surface area contributed by atoms with Crippen LogP contribution in [-0.4, -0.2) is 30.6 Å². The summed E-state index contributed by atoms with van der Waals surface area (Å²) in [6, 6.07) is 0.509. The minimum atomic E-state index is 0.509. The van der Waals surface area contributed by atoms with E-state index in [0.717, 1.165) is 17.8 Å². The first-order valence-electron chi connectivity index (χ1n) is 6.74. The molecule has 2 fully saturated rings. The van der Waals surface area contributed by atoms with Crippen molar-refractivity contribution in [2.45, 2.75) is 45.6 Å². The lowest BCUT2D eigenvalue weighted by molar-refractivity contribution is 0.180. The van der Waals surface area contributed by atoms with Crippen molar-refractivity contribution in [3.8, 4) is 0 Å². The molecule has 0 amide bonds. The summed E-state index contributed by atoms with van der Waals surface area (Å²) >= 11 is 0. The molecule has 2 saturated carbocycles. The molecule has 15 heavy (non-hydrogen) atoms. The lowest BCUT2D eigenvalue weighted by atomic mass is 9.84. The number of hydrogen-bond donors (Lipinski definition) is 1. The average Bonchev–Trinajstić information content (AvgIpc) is 2.81. The SMILES string of the molecule is CCCN(CC)CC1C2CCC(C2)C1N. The number of hydrogen-bond acceptors (Lipinski definition) is 2. The van der Waals surface area contributed by atoms with Gasteiger partial charge in [0.15, 0.2) is 0 Å². The second-order valence-corrected chi connectivity index (χ2v) is 5.47. The van der Waals surface area contributed by atoms with E-state index in [-0.39, 0.29) is 0 Å². The van der Waals surface area contributed by atoms with Crippen molar-refractivity contribution < 1.29 is 0 Å². The molecular weight excluding hydrogens is 184 g/mol. The maximum atomic E-state index is 6.34. The van der Waals surface area contributed by atoms with Crippen LogP contribution in [0.25, 0.3) is 0 Å². The minimum Gasteiger partial charge on any atom is -0.327 e. The summed E-state index contributed by atoms with van der Waals surface area (Å²) in [5.41, 5.74) is 6.34. The van der Waals surface area contributed by atoms with Crippen LogP contribution in [0.1, 0.15) is 39.5 Å². The molecule has 0 radical (unpaired) electrons. The van der Waals surface area contributed by atoms with Crippen molar-refractivity contribution in [1.82, 2.24) is 4.90 Å². The fourth-order valence-electron chi connectivity index (χ4n) is 3.72. The molecule has 2 aliphatic rings. The smallest absolute Gasteiger partial charge is 0.0111 e. The van der Waals surface area contributed by atoms with Gasteiger partial charge in [-0.05, 0) is 56.5 Å². The van der Waals surface area contributed by atoms with Gasteiger partial charge < -0.3 is 10.6 Å². The predicted octanol–water partition coefficient (Wildman–Crippen LogP) is 2.09. The normalized spacial score (nSPS) is 39.2. The third-order valence-corrected chi connectivity index (χ3v) is 4.61. The molecule has 0 aromatic heterocycles. The van der Waals surface area contributed by atoms with Gasteiger partial charge in [0.1, 0.15) is 0 Å².